The smallest absolute Gasteiger partial charge is 0.212 e. The molecular formula is C27H36NO+. The summed E-state index contributed by atoms with van der Waals surface area (Å²) in [5.74, 6) is 1.98. The van der Waals surface area contributed by atoms with Crippen LogP contribution in [0, 0.1) is 0 Å². The van der Waals surface area contributed by atoms with Crippen LogP contribution in [0.15, 0.2) is 36.4 Å². The predicted octanol–water partition coefficient (Wildman–Crippen LogP) is 6.72. The third kappa shape index (κ3) is 3.21. The van der Waals surface area contributed by atoms with Gasteiger partial charge in [0.25, 0.3) is 0 Å². The van der Waals surface area contributed by atoms with E-state index in [0.29, 0.717) is 11.8 Å². The molecule has 0 bridgehead atoms. The zero-order valence-electron chi connectivity index (χ0n) is 19.2. The number of nitrogens with zero attached hydrogens (tertiary/aromatic N) is 1. The van der Waals surface area contributed by atoms with Crippen LogP contribution in [0.25, 0.3) is 0 Å². The molecule has 154 valence electrons. The van der Waals surface area contributed by atoms with Crippen molar-refractivity contribution < 1.29 is 9.31 Å². The minimum atomic E-state index is 0.0795. The summed E-state index contributed by atoms with van der Waals surface area (Å²) in [5.41, 5.74) is 7.54. The molecule has 4 rings (SSSR count). The van der Waals surface area contributed by atoms with E-state index in [9.17, 15) is 0 Å². The van der Waals surface area contributed by atoms with Crippen molar-refractivity contribution in [2.75, 3.05) is 7.11 Å². The van der Waals surface area contributed by atoms with Gasteiger partial charge in [0.1, 0.15) is 5.75 Å². The molecule has 1 unspecified atom stereocenters. The van der Waals surface area contributed by atoms with Crippen LogP contribution >= 0.6 is 0 Å². The van der Waals surface area contributed by atoms with Crippen LogP contribution in [0.5, 0.6) is 5.75 Å². The number of ether oxygens (including phenoxy) is 1. The van der Waals surface area contributed by atoms with E-state index in [2.05, 4.69) is 88.7 Å². The van der Waals surface area contributed by atoms with E-state index in [1.807, 2.05) is 0 Å². The van der Waals surface area contributed by atoms with Gasteiger partial charge in [-0.3, -0.25) is 0 Å². The Hall–Kier alpha value is -2.09. The summed E-state index contributed by atoms with van der Waals surface area (Å²) in [5, 5.41) is 0. The largest absolute Gasteiger partial charge is 0.497 e. The Bertz CT molecular complexity index is 940. The first-order chi connectivity index (χ1) is 13.7. The molecule has 1 atom stereocenters. The highest BCUT2D eigenvalue weighted by Gasteiger charge is 2.55. The fraction of sp³-hybridized carbons (Fsp3) is 0.519. The van der Waals surface area contributed by atoms with Gasteiger partial charge in [-0.2, -0.15) is 4.58 Å². The lowest BCUT2D eigenvalue weighted by Gasteiger charge is -2.24. The molecule has 0 amide bonds. The zero-order chi connectivity index (χ0) is 21.0. The molecular weight excluding hydrogens is 354 g/mol. The predicted molar refractivity (Wildman–Crippen MR) is 122 cm³/mol. The fourth-order valence-corrected chi connectivity index (χ4v) is 5.68. The monoisotopic (exact) mass is 390 g/mol. The highest BCUT2D eigenvalue weighted by molar-refractivity contribution is 5.76. The molecule has 2 aromatic carbocycles. The van der Waals surface area contributed by atoms with Gasteiger partial charge < -0.3 is 4.74 Å². The van der Waals surface area contributed by atoms with E-state index in [-0.39, 0.29) is 11.0 Å². The van der Waals surface area contributed by atoms with Gasteiger partial charge in [0.15, 0.2) is 11.8 Å². The van der Waals surface area contributed by atoms with Crippen LogP contribution < -0.4 is 4.74 Å². The van der Waals surface area contributed by atoms with Crippen molar-refractivity contribution in [1.29, 1.82) is 0 Å². The molecule has 1 aliphatic carbocycles. The van der Waals surface area contributed by atoms with Crippen LogP contribution in [0.1, 0.15) is 88.5 Å². The average Bonchev–Trinajstić information content (AvgIpc) is 3.16. The SMILES string of the molecule is COc1ccc2c(c1)CCC21C=[N+](c2c(C(C)C)cccc2C(C)C)C(C)(C)C1. The van der Waals surface area contributed by atoms with E-state index in [0.717, 1.165) is 18.6 Å². The number of para-hydroxylation sites is 1. The second-order valence-electron chi connectivity index (χ2n) is 10.3. The first kappa shape index (κ1) is 20.2. The summed E-state index contributed by atoms with van der Waals surface area (Å²) >= 11 is 0. The molecule has 2 aromatic rings. The maximum atomic E-state index is 5.49. The molecule has 0 saturated carbocycles. The van der Waals surface area contributed by atoms with Crippen molar-refractivity contribution in [2.45, 2.75) is 83.6 Å². The Balaban J connectivity index is 1.91. The third-order valence-electron chi connectivity index (χ3n) is 7.05. The van der Waals surface area contributed by atoms with Crippen LogP contribution in [-0.2, 0) is 11.8 Å². The first-order valence-electron chi connectivity index (χ1n) is 11.1. The normalized spacial score (nSPS) is 22.4. The summed E-state index contributed by atoms with van der Waals surface area (Å²) in [4.78, 5) is 0. The number of fused-ring (bicyclic) bond motifs is 2. The van der Waals surface area contributed by atoms with Crippen molar-refractivity contribution in [3.8, 4) is 5.75 Å². The molecule has 1 spiro atoms. The van der Waals surface area contributed by atoms with Gasteiger partial charge >= 0.3 is 0 Å². The van der Waals surface area contributed by atoms with Gasteiger partial charge in [0.2, 0.25) is 5.69 Å². The van der Waals surface area contributed by atoms with Crippen molar-refractivity contribution in [1.82, 2.24) is 0 Å². The lowest BCUT2D eigenvalue weighted by molar-refractivity contribution is -0.513. The minimum Gasteiger partial charge on any atom is -0.497 e. The number of rotatable bonds is 4. The Morgan fingerprint density at radius 1 is 0.966 bits per heavy atom. The van der Waals surface area contributed by atoms with E-state index in [4.69, 9.17) is 4.74 Å². The number of hydrogen-bond donors (Lipinski definition) is 0. The molecule has 2 nitrogen and oxygen atoms in total. The lowest BCUT2D eigenvalue weighted by atomic mass is 9.77. The Labute approximate surface area is 176 Å². The maximum Gasteiger partial charge on any atom is 0.212 e. The molecule has 0 aromatic heterocycles. The number of methoxy groups -OCH3 is 1. The molecule has 1 heterocycles. The van der Waals surface area contributed by atoms with Crippen molar-refractivity contribution >= 4 is 11.9 Å². The van der Waals surface area contributed by atoms with Gasteiger partial charge in [0.05, 0.1) is 12.5 Å². The summed E-state index contributed by atoms with van der Waals surface area (Å²) in [6, 6.07) is 13.6. The molecule has 2 heteroatoms. The van der Waals surface area contributed by atoms with E-state index in [1.165, 1.54) is 34.4 Å². The number of aryl methyl sites for hydroxylation is 1. The standard InChI is InChI=1S/C27H36NO/c1-18(2)22-9-8-10-23(19(3)4)25(22)28-17-27(16-26(28,5)6)14-13-20-15-21(29-7)11-12-24(20)27/h8-12,15,17-19H,13-14,16H2,1-7H3/q+1. The van der Waals surface area contributed by atoms with E-state index >= 15 is 0 Å². The van der Waals surface area contributed by atoms with Crippen LogP contribution in [0.3, 0.4) is 0 Å². The van der Waals surface area contributed by atoms with Crippen LogP contribution in [-0.4, -0.2) is 23.4 Å². The van der Waals surface area contributed by atoms with Crippen molar-refractivity contribution in [3.05, 3.63) is 58.7 Å². The molecule has 29 heavy (non-hydrogen) atoms. The topological polar surface area (TPSA) is 12.2 Å². The summed E-state index contributed by atoms with van der Waals surface area (Å²) in [7, 11) is 1.76. The summed E-state index contributed by atoms with van der Waals surface area (Å²) in [6.45, 7) is 14.1. The molecule has 0 radical (unpaired) electrons. The second-order valence-corrected chi connectivity index (χ2v) is 10.3. The van der Waals surface area contributed by atoms with E-state index < -0.39 is 0 Å². The first-order valence-corrected chi connectivity index (χ1v) is 11.1. The van der Waals surface area contributed by atoms with Crippen molar-refractivity contribution in [3.63, 3.8) is 0 Å². The molecule has 1 aliphatic heterocycles. The number of hydrogen-bond acceptors (Lipinski definition) is 1. The summed E-state index contributed by atoms with van der Waals surface area (Å²) < 4.78 is 8.12. The minimum absolute atomic E-state index is 0.0795. The van der Waals surface area contributed by atoms with Crippen LogP contribution in [0.4, 0.5) is 5.69 Å². The van der Waals surface area contributed by atoms with Crippen molar-refractivity contribution in [2.24, 2.45) is 0 Å². The van der Waals surface area contributed by atoms with E-state index in [1.54, 1.807) is 7.11 Å². The fourth-order valence-electron chi connectivity index (χ4n) is 5.68. The molecule has 0 fully saturated rings. The quantitative estimate of drug-likeness (QED) is 0.528. The molecule has 2 aliphatic rings. The number of benzene rings is 2. The highest BCUT2D eigenvalue weighted by atomic mass is 16.5. The van der Waals surface area contributed by atoms with Gasteiger partial charge in [-0.15, -0.1) is 0 Å². The molecule has 0 saturated heterocycles. The summed E-state index contributed by atoms with van der Waals surface area (Å²) in [6.07, 6.45) is 6.06. The maximum absolute atomic E-state index is 5.49. The Morgan fingerprint density at radius 2 is 1.62 bits per heavy atom. The van der Waals surface area contributed by atoms with Crippen LogP contribution in [0.2, 0.25) is 0 Å². The average molecular weight is 391 g/mol. The van der Waals surface area contributed by atoms with Gasteiger partial charge in [-0.25, -0.2) is 0 Å². The second kappa shape index (κ2) is 7.00. The molecule has 0 N–H and O–H groups in total. The Morgan fingerprint density at radius 3 is 2.21 bits per heavy atom. The lowest BCUT2D eigenvalue weighted by Crippen LogP contribution is -2.31. The zero-order valence-corrected chi connectivity index (χ0v) is 19.2. The Kier molecular flexibility index (Phi) is 4.88. The highest BCUT2D eigenvalue weighted by Crippen LogP contribution is 2.51. The van der Waals surface area contributed by atoms with Gasteiger partial charge in [0, 0.05) is 31.4 Å². The third-order valence-corrected chi connectivity index (χ3v) is 7.05. The van der Waals surface area contributed by atoms with Gasteiger partial charge in [-0.05, 0) is 47.9 Å². The van der Waals surface area contributed by atoms with Gasteiger partial charge in [-0.1, -0.05) is 52.0 Å².